The summed E-state index contributed by atoms with van der Waals surface area (Å²) in [6.07, 6.45) is 3.78. The largest absolute Gasteiger partial charge is 0.476 e. The second-order valence-corrected chi connectivity index (χ2v) is 3.77. The van der Waals surface area contributed by atoms with E-state index < -0.39 is 11.9 Å². The zero-order chi connectivity index (χ0) is 13.8. The topological polar surface area (TPSA) is 105 Å². The zero-order valence-electron chi connectivity index (χ0n) is 9.37. The van der Waals surface area contributed by atoms with E-state index in [1.165, 1.54) is 30.7 Å². The number of nitrogens with zero attached hydrogens (tertiary/aromatic N) is 3. The molecule has 0 unspecified atom stereocenters. The van der Waals surface area contributed by atoms with Crippen LogP contribution in [0, 0.1) is 0 Å². The summed E-state index contributed by atoms with van der Waals surface area (Å²) in [6, 6.07) is 2.91. The molecule has 0 aliphatic rings. The molecule has 2 rings (SSSR count). The molecule has 0 saturated heterocycles. The summed E-state index contributed by atoms with van der Waals surface area (Å²) in [5, 5.41) is 11.5. The number of nitrogens with one attached hydrogen (secondary N) is 1. The van der Waals surface area contributed by atoms with Crippen molar-refractivity contribution in [2.45, 2.75) is 0 Å². The molecule has 0 aromatic carbocycles. The van der Waals surface area contributed by atoms with E-state index in [0.717, 1.165) is 0 Å². The van der Waals surface area contributed by atoms with Gasteiger partial charge in [-0.05, 0) is 12.1 Å². The van der Waals surface area contributed by atoms with E-state index in [9.17, 15) is 9.59 Å². The number of carbonyl (C=O) groups is 2. The number of carboxylic acids is 1. The van der Waals surface area contributed by atoms with Gasteiger partial charge in [-0.3, -0.25) is 4.79 Å². The van der Waals surface area contributed by atoms with Crippen LogP contribution in [0.2, 0.25) is 5.15 Å². The SMILES string of the molecule is O=C(Nc1nccnc1C(=O)O)c1ccc(Cl)nc1. The molecule has 0 radical (unpaired) electrons. The Morgan fingerprint density at radius 1 is 1.16 bits per heavy atom. The summed E-state index contributed by atoms with van der Waals surface area (Å²) in [4.78, 5) is 33.9. The zero-order valence-corrected chi connectivity index (χ0v) is 10.1. The van der Waals surface area contributed by atoms with Crippen LogP contribution in [0.1, 0.15) is 20.8 Å². The molecular formula is C11H7ClN4O3. The lowest BCUT2D eigenvalue weighted by Crippen LogP contribution is -2.17. The second-order valence-electron chi connectivity index (χ2n) is 3.38. The molecule has 0 aliphatic carbocycles. The number of pyridine rings is 1. The number of halogens is 1. The summed E-state index contributed by atoms with van der Waals surface area (Å²) in [5.74, 6) is -1.96. The standard InChI is InChI=1S/C11H7ClN4O3/c12-7-2-1-6(5-15-7)10(17)16-9-8(11(18)19)13-3-4-14-9/h1-5H,(H,18,19)(H,14,16,17). The van der Waals surface area contributed by atoms with Crippen LogP contribution in [0.15, 0.2) is 30.7 Å². The van der Waals surface area contributed by atoms with Gasteiger partial charge in [-0.25, -0.2) is 19.7 Å². The number of carboxylic acid groups (broad SMARTS) is 1. The molecule has 2 N–H and O–H groups in total. The number of hydrogen-bond donors (Lipinski definition) is 2. The van der Waals surface area contributed by atoms with Crippen molar-refractivity contribution < 1.29 is 14.7 Å². The van der Waals surface area contributed by atoms with Gasteiger partial charge in [0.05, 0.1) is 5.56 Å². The Hall–Kier alpha value is -2.54. The third-order valence-corrected chi connectivity index (χ3v) is 2.35. The van der Waals surface area contributed by atoms with Crippen LogP contribution < -0.4 is 5.32 Å². The van der Waals surface area contributed by atoms with Crippen LogP contribution in [0.4, 0.5) is 5.82 Å². The molecule has 0 atom stereocenters. The van der Waals surface area contributed by atoms with Gasteiger partial charge in [0.2, 0.25) is 0 Å². The van der Waals surface area contributed by atoms with Gasteiger partial charge in [0.25, 0.3) is 5.91 Å². The minimum Gasteiger partial charge on any atom is -0.476 e. The Morgan fingerprint density at radius 3 is 2.53 bits per heavy atom. The lowest BCUT2D eigenvalue weighted by Gasteiger charge is -2.05. The Balaban J connectivity index is 2.24. The van der Waals surface area contributed by atoms with Gasteiger partial charge < -0.3 is 10.4 Å². The lowest BCUT2D eigenvalue weighted by molar-refractivity contribution is 0.0691. The number of aromatic nitrogens is 3. The van der Waals surface area contributed by atoms with E-state index >= 15 is 0 Å². The van der Waals surface area contributed by atoms with Crippen LogP contribution in [-0.2, 0) is 0 Å². The number of carbonyl (C=O) groups excluding carboxylic acids is 1. The summed E-state index contributed by atoms with van der Waals surface area (Å²) in [6.45, 7) is 0. The van der Waals surface area contributed by atoms with Crippen molar-refractivity contribution in [1.82, 2.24) is 15.0 Å². The van der Waals surface area contributed by atoms with Crippen molar-refractivity contribution in [1.29, 1.82) is 0 Å². The average molecular weight is 279 g/mol. The Kier molecular flexibility index (Phi) is 3.67. The Labute approximate surface area is 112 Å². The van der Waals surface area contributed by atoms with Crippen LogP contribution >= 0.6 is 11.6 Å². The van der Waals surface area contributed by atoms with Crippen LogP contribution in [0.25, 0.3) is 0 Å². The number of hydrogen-bond acceptors (Lipinski definition) is 5. The quantitative estimate of drug-likeness (QED) is 0.824. The van der Waals surface area contributed by atoms with Crippen LogP contribution in [0.5, 0.6) is 0 Å². The van der Waals surface area contributed by atoms with Gasteiger partial charge in [-0.2, -0.15) is 0 Å². The highest BCUT2D eigenvalue weighted by Crippen LogP contribution is 2.11. The summed E-state index contributed by atoms with van der Waals surface area (Å²) in [7, 11) is 0. The van der Waals surface area contributed by atoms with Gasteiger partial charge in [-0.15, -0.1) is 0 Å². The van der Waals surface area contributed by atoms with Gasteiger partial charge in [0, 0.05) is 18.6 Å². The third-order valence-electron chi connectivity index (χ3n) is 2.12. The summed E-state index contributed by atoms with van der Waals surface area (Å²) in [5.41, 5.74) is -0.107. The highest BCUT2D eigenvalue weighted by Gasteiger charge is 2.15. The second kappa shape index (κ2) is 5.40. The molecule has 19 heavy (non-hydrogen) atoms. The van der Waals surface area contributed by atoms with Crippen molar-refractivity contribution in [3.05, 3.63) is 47.1 Å². The molecule has 0 fully saturated rings. The molecule has 2 aromatic rings. The molecule has 0 spiro atoms. The van der Waals surface area contributed by atoms with Crippen molar-refractivity contribution in [3.8, 4) is 0 Å². The van der Waals surface area contributed by atoms with Gasteiger partial charge in [-0.1, -0.05) is 11.6 Å². The van der Waals surface area contributed by atoms with Crippen molar-refractivity contribution in [3.63, 3.8) is 0 Å². The fraction of sp³-hybridized carbons (Fsp3) is 0. The van der Waals surface area contributed by atoms with E-state index in [4.69, 9.17) is 16.7 Å². The Morgan fingerprint density at radius 2 is 1.89 bits per heavy atom. The highest BCUT2D eigenvalue weighted by molar-refractivity contribution is 6.29. The fourth-order valence-corrected chi connectivity index (χ4v) is 1.39. The predicted molar refractivity (Wildman–Crippen MR) is 66.2 cm³/mol. The van der Waals surface area contributed by atoms with Crippen molar-refractivity contribution in [2.24, 2.45) is 0 Å². The van der Waals surface area contributed by atoms with E-state index in [2.05, 4.69) is 20.3 Å². The first-order valence-corrected chi connectivity index (χ1v) is 5.43. The molecule has 96 valence electrons. The minimum atomic E-state index is -1.28. The smallest absolute Gasteiger partial charge is 0.358 e. The average Bonchev–Trinajstić information content (AvgIpc) is 2.39. The Bertz CT molecular complexity index is 630. The van der Waals surface area contributed by atoms with Crippen LogP contribution in [-0.4, -0.2) is 31.9 Å². The molecule has 1 amide bonds. The number of amides is 1. The molecule has 7 nitrogen and oxygen atoms in total. The molecule has 0 saturated carbocycles. The molecule has 8 heteroatoms. The third kappa shape index (κ3) is 3.02. The van der Waals surface area contributed by atoms with E-state index in [-0.39, 0.29) is 22.2 Å². The maximum absolute atomic E-state index is 11.8. The van der Waals surface area contributed by atoms with E-state index in [1.807, 2.05) is 0 Å². The predicted octanol–water partition coefficient (Wildman–Crippen LogP) is 1.48. The lowest BCUT2D eigenvalue weighted by atomic mass is 10.2. The van der Waals surface area contributed by atoms with Gasteiger partial charge in [0.15, 0.2) is 11.5 Å². The van der Waals surface area contributed by atoms with Crippen LogP contribution in [0.3, 0.4) is 0 Å². The maximum Gasteiger partial charge on any atom is 0.358 e. The molecule has 0 aliphatic heterocycles. The van der Waals surface area contributed by atoms with Gasteiger partial charge in [0.1, 0.15) is 5.15 Å². The molecular weight excluding hydrogens is 272 g/mol. The monoisotopic (exact) mass is 278 g/mol. The number of anilines is 1. The number of aromatic carboxylic acids is 1. The van der Waals surface area contributed by atoms with E-state index in [0.29, 0.717) is 0 Å². The van der Waals surface area contributed by atoms with E-state index in [1.54, 1.807) is 0 Å². The first-order chi connectivity index (χ1) is 9.08. The maximum atomic E-state index is 11.8. The molecule has 2 aromatic heterocycles. The van der Waals surface area contributed by atoms with Gasteiger partial charge >= 0.3 is 5.97 Å². The minimum absolute atomic E-state index is 0.130. The molecule has 0 bridgehead atoms. The van der Waals surface area contributed by atoms with Crippen molar-refractivity contribution in [2.75, 3.05) is 5.32 Å². The normalized spacial score (nSPS) is 9.95. The summed E-state index contributed by atoms with van der Waals surface area (Å²) >= 11 is 5.60. The first-order valence-electron chi connectivity index (χ1n) is 5.05. The highest BCUT2D eigenvalue weighted by atomic mass is 35.5. The first kappa shape index (κ1) is 12.9. The molecule has 2 heterocycles. The fourth-order valence-electron chi connectivity index (χ4n) is 1.28. The summed E-state index contributed by atoms with van der Waals surface area (Å²) < 4.78 is 0. The number of rotatable bonds is 3. The van der Waals surface area contributed by atoms with Crippen molar-refractivity contribution >= 4 is 29.3 Å².